The summed E-state index contributed by atoms with van der Waals surface area (Å²) in [5.74, 6) is 0.199. The summed E-state index contributed by atoms with van der Waals surface area (Å²) in [6, 6.07) is 6.82. The average Bonchev–Trinajstić information content (AvgIpc) is 3.00. The number of hydrogen-bond acceptors (Lipinski definition) is 3. The lowest BCUT2D eigenvalue weighted by Gasteiger charge is -2.06. The lowest BCUT2D eigenvalue weighted by atomic mass is 10.1. The largest absolute Gasteiger partial charge is 0.353 e. The summed E-state index contributed by atoms with van der Waals surface area (Å²) < 4.78 is 0. The van der Waals surface area contributed by atoms with E-state index in [0.29, 0.717) is 12.5 Å². The minimum Gasteiger partial charge on any atom is -0.353 e. The van der Waals surface area contributed by atoms with Gasteiger partial charge in [0.15, 0.2) is 0 Å². The summed E-state index contributed by atoms with van der Waals surface area (Å²) in [5, 5.41) is 7.32. The average molecular weight is 263 g/mol. The van der Waals surface area contributed by atoms with Gasteiger partial charge in [0.25, 0.3) is 0 Å². The monoisotopic (exact) mass is 263 g/mol. The van der Waals surface area contributed by atoms with Crippen LogP contribution in [0, 0.1) is 0 Å². The molecule has 0 aliphatic carbocycles. The lowest BCUT2D eigenvalue weighted by Crippen LogP contribution is -2.26. The van der Waals surface area contributed by atoms with Gasteiger partial charge in [0, 0.05) is 34.2 Å². The van der Waals surface area contributed by atoms with Gasteiger partial charge in [-0.3, -0.25) is 4.79 Å². The summed E-state index contributed by atoms with van der Waals surface area (Å²) in [4.78, 5) is 13.8. The minimum atomic E-state index is 0.199. The van der Waals surface area contributed by atoms with Crippen molar-refractivity contribution in [3.63, 3.8) is 0 Å². The number of carbonyl (C=O) groups excluding carboxylic acids is 1. The zero-order valence-electron chi connectivity index (χ0n) is 9.31. The SMILES string of the molecule is O=C1CCC(Cc2cc(-c3cccs3)cs2)N1. The number of thiophene rings is 2. The second-order valence-electron chi connectivity index (χ2n) is 4.29. The van der Waals surface area contributed by atoms with Crippen LogP contribution in [0.4, 0.5) is 0 Å². The molecular weight excluding hydrogens is 250 g/mol. The van der Waals surface area contributed by atoms with Crippen LogP contribution < -0.4 is 5.32 Å². The molecule has 3 heterocycles. The molecule has 1 atom stereocenters. The van der Waals surface area contributed by atoms with E-state index in [4.69, 9.17) is 0 Å². The van der Waals surface area contributed by atoms with Crippen LogP contribution >= 0.6 is 22.7 Å². The maximum atomic E-state index is 11.1. The Bertz CT molecular complexity index is 515. The third-order valence-corrected chi connectivity index (χ3v) is 4.87. The Morgan fingerprint density at radius 1 is 1.41 bits per heavy atom. The molecule has 0 aromatic carbocycles. The van der Waals surface area contributed by atoms with Crippen molar-refractivity contribution in [2.24, 2.45) is 0 Å². The predicted molar refractivity (Wildman–Crippen MR) is 72.5 cm³/mol. The van der Waals surface area contributed by atoms with Gasteiger partial charge >= 0.3 is 0 Å². The first-order valence-electron chi connectivity index (χ1n) is 5.72. The molecule has 2 aromatic heterocycles. The van der Waals surface area contributed by atoms with E-state index in [0.717, 1.165) is 12.8 Å². The van der Waals surface area contributed by atoms with Crippen molar-refractivity contribution in [1.29, 1.82) is 0 Å². The van der Waals surface area contributed by atoms with E-state index in [1.54, 1.807) is 22.7 Å². The normalized spacial score (nSPS) is 19.5. The predicted octanol–water partition coefficient (Wildman–Crippen LogP) is 3.30. The molecule has 0 spiro atoms. The molecular formula is C13H13NOS2. The van der Waals surface area contributed by atoms with Gasteiger partial charge < -0.3 is 5.32 Å². The summed E-state index contributed by atoms with van der Waals surface area (Å²) >= 11 is 3.56. The fourth-order valence-electron chi connectivity index (χ4n) is 2.13. The highest BCUT2D eigenvalue weighted by Crippen LogP contribution is 2.30. The van der Waals surface area contributed by atoms with Crippen molar-refractivity contribution in [2.75, 3.05) is 0 Å². The van der Waals surface area contributed by atoms with Gasteiger partial charge in [-0.1, -0.05) is 6.07 Å². The van der Waals surface area contributed by atoms with E-state index in [9.17, 15) is 4.79 Å². The van der Waals surface area contributed by atoms with Gasteiger partial charge in [-0.15, -0.1) is 22.7 Å². The van der Waals surface area contributed by atoms with Crippen LogP contribution in [0.2, 0.25) is 0 Å². The molecule has 17 heavy (non-hydrogen) atoms. The van der Waals surface area contributed by atoms with Crippen molar-refractivity contribution >= 4 is 28.6 Å². The number of amides is 1. The molecule has 2 nitrogen and oxygen atoms in total. The smallest absolute Gasteiger partial charge is 0.220 e. The topological polar surface area (TPSA) is 29.1 Å². The van der Waals surface area contributed by atoms with Crippen molar-refractivity contribution in [1.82, 2.24) is 5.32 Å². The Balaban J connectivity index is 1.71. The molecule has 1 N–H and O–H groups in total. The fraction of sp³-hybridized carbons (Fsp3) is 0.308. The number of hydrogen-bond donors (Lipinski definition) is 1. The van der Waals surface area contributed by atoms with Crippen molar-refractivity contribution < 1.29 is 4.79 Å². The summed E-state index contributed by atoms with van der Waals surface area (Å²) in [7, 11) is 0. The Morgan fingerprint density at radius 3 is 3.06 bits per heavy atom. The first-order chi connectivity index (χ1) is 8.31. The van der Waals surface area contributed by atoms with Crippen LogP contribution in [-0.2, 0) is 11.2 Å². The maximum absolute atomic E-state index is 11.1. The van der Waals surface area contributed by atoms with Crippen LogP contribution in [0.15, 0.2) is 29.0 Å². The van der Waals surface area contributed by atoms with Crippen LogP contribution in [0.3, 0.4) is 0 Å². The fourth-order valence-corrected chi connectivity index (χ4v) is 3.89. The highest BCUT2D eigenvalue weighted by atomic mass is 32.1. The molecule has 1 amide bonds. The van der Waals surface area contributed by atoms with Crippen molar-refractivity contribution in [3.05, 3.63) is 33.8 Å². The molecule has 1 fully saturated rings. The summed E-state index contributed by atoms with van der Waals surface area (Å²) in [5.41, 5.74) is 1.31. The molecule has 4 heteroatoms. The molecule has 1 aliphatic rings. The second kappa shape index (κ2) is 4.63. The third kappa shape index (κ3) is 2.42. The third-order valence-electron chi connectivity index (χ3n) is 2.99. The van der Waals surface area contributed by atoms with Gasteiger partial charge in [0.1, 0.15) is 0 Å². The van der Waals surface area contributed by atoms with Gasteiger partial charge in [0.05, 0.1) is 0 Å². The number of rotatable bonds is 3. The lowest BCUT2D eigenvalue weighted by molar-refractivity contribution is -0.119. The molecule has 1 aliphatic heterocycles. The Morgan fingerprint density at radius 2 is 2.35 bits per heavy atom. The van der Waals surface area contributed by atoms with Gasteiger partial charge in [-0.25, -0.2) is 0 Å². The van der Waals surface area contributed by atoms with E-state index >= 15 is 0 Å². The maximum Gasteiger partial charge on any atom is 0.220 e. The molecule has 88 valence electrons. The molecule has 0 radical (unpaired) electrons. The van der Waals surface area contributed by atoms with Gasteiger partial charge in [-0.2, -0.15) is 0 Å². The summed E-state index contributed by atoms with van der Waals surface area (Å²) in [6.07, 6.45) is 2.64. The van der Waals surface area contributed by atoms with Crippen LogP contribution in [0.25, 0.3) is 10.4 Å². The zero-order chi connectivity index (χ0) is 11.7. The summed E-state index contributed by atoms with van der Waals surface area (Å²) in [6.45, 7) is 0. The van der Waals surface area contributed by atoms with Gasteiger partial charge in [0.2, 0.25) is 5.91 Å². The zero-order valence-corrected chi connectivity index (χ0v) is 10.9. The molecule has 0 bridgehead atoms. The molecule has 3 rings (SSSR count). The molecule has 0 saturated carbocycles. The standard InChI is InChI=1S/C13H13NOS2/c15-13-4-3-10(14-13)7-11-6-9(8-17-11)12-2-1-5-16-12/h1-2,5-6,8,10H,3-4,7H2,(H,14,15). The molecule has 1 unspecified atom stereocenters. The Kier molecular flexibility index (Phi) is 2.99. The highest BCUT2D eigenvalue weighted by Gasteiger charge is 2.21. The first kappa shape index (κ1) is 11.0. The van der Waals surface area contributed by atoms with E-state index in [2.05, 4.69) is 34.3 Å². The number of carbonyl (C=O) groups is 1. The second-order valence-corrected chi connectivity index (χ2v) is 6.23. The van der Waals surface area contributed by atoms with Crippen molar-refractivity contribution in [2.45, 2.75) is 25.3 Å². The van der Waals surface area contributed by atoms with Crippen LogP contribution in [-0.4, -0.2) is 11.9 Å². The number of nitrogens with one attached hydrogen (secondary N) is 1. The first-order valence-corrected chi connectivity index (χ1v) is 7.48. The van der Waals surface area contributed by atoms with E-state index in [-0.39, 0.29) is 5.91 Å². The van der Waals surface area contributed by atoms with Crippen LogP contribution in [0.1, 0.15) is 17.7 Å². The molecule has 1 saturated heterocycles. The minimum absolute atomic E-state index is 0.199. The van der Waals surface area contributed by atoms with E-state index in [1.165, 1.54) is 15.3 Å². The van der Waals surface area contributed by atoms with E-state index < -0.39 is 0 Å². The quantitative estimate of drug-likeness (QED) is 0.904. The van der Waals surface area contributed by atoms with Gasteiger partial charge in [-0.05, 0) is 29.3 Å². The van der Waals surface area contributed by atoms with Crippen molar-refractivity contribution in [3.8, 4) is 10.4 Å². The Labute approximate surface area is 108 Å². The van der Waals surface area contributed by atoms with E-state index in [1.807, 2.05) is 0 Å². The molecule has 2 aromatic rings. The van der Waals surface area contributed by atoms with Crippen LogP contribution in [0.5, 0.6) is 0 Å². The highest BCUT2D eigenvalue weighted by molar-refractivity contribution is 7.14. The Hall–Kier alpha value is -1.13.